The van der Waals surface area contributed by atoms with E-state index in [1.165, 1.54) is 11.3 Å². The van der Waals surface area contributed by atoms with Gasteiger partial charge >= 0.3 is 12.1 Å². The van der Waals surface area contributed by atoms with Gasteiger partial charge in [0.25, 0.3) is 5.91 Å². The van der Waals surface area contributed by atoms with Gasteiger partial charge in [0.1, 0.15) is 0 Å². The molecular weight excluding hydrogens is 447 g/mol. The molecule has 0 spiro atoms. The smallest absolute Gasteiger partial charge is 0.475 e. The molecule has 2 amide bonds. The number of carbonyl (C=O) groups is 3. The van der Waals surface area contributed by atoms with Crippen molar-refractivity contribution in [2.75, 3.05) is 6.54 Å². The van der Waals surface area contributed by atoms with Crippen LogP contribution >= 0.6 is 11.3 Å². The molecule has 0 unspecified atom stereocenters. The molecule has 2 aliphatic rings. The second-order valence-corrected chi connectivity index (χ2v) is 8.48. The minimum absolute atomic E-state index is 0.102. The maximum Gasteiger partial charge on any atom is 0.490 e. The lowest BCUT2D eigenvalue weighted by atomic mass is 9.96. The van der Waals surface area contributed by atoms with E-state index in [4.69, 9.17) is 9.90 Å². The van der Waals surface area contributed by atoms with Gasteiger partial charge in [0.05, 0.1) is 29.2 Å². The van der Waals surface area contributed by atoms with Crippen LogP contribution in [0.4, 0.5) is 13.2 Å². The number of aromatic nitrogens is 1. The molecule has 2 aliphatic heterocycles. The Morgan fingerprint density at radius 2 is 1.91 bits per heavy atom. The topological polar surface area (TPSA) is 90.8 Å². The molecule has 0 radical (unpaired) electrons. The number of likely N-dealkylation sites (tertiary alicyclic amines) is 2. The van der Waals surface area contributed by atoms with Crippen molar-refractivity contribution in [3.63, 3.8) is 0 Å². The van der Waals surface area contributed by atoms with Gasteiger partial charge in [-0.1, -0.05) is 12.1 Å². The van der Waals surface area contributed by atoms with E-state index in [2.05, 4.69) is 4.98 Å². The number of halogens is 3. The number of aliphatic carboxylic acids is 1. The Morgan fingerprint density at radius 1 is 1.19 bits per heavy atom. The molecule has 2 aromatic heterocycles. The van der Waals surface area contributed by atoms with Crippen molar-refractivity contribution in [2.45, 2.75) is 51.0 Å². The zero-order valence-corrected chi connectivity index (χ0v) is 18.0. The van der Waals surface area contributed by atoms with E-state index in [1.807, 2.05) is 52.4 Å². The Bertz CT molecular complexity index is 981. The second kappa shape index (κ2) is 9.68. The number of thiophene rings is 1. The number of rotatable bonds is 3. The zero-order chi connectivity index (χ0) is 23.5. The van der Waals surface area contributed by atoms with Crippen molar-refractivity contribution >= 4 is 29.1 Å². The van der Waals surface area contributed by atoms with E-state index >= 15 is 0 Å². The molecule has 2 fully saturated rings. The monoisotopic (exact) mass is 469 g/mol. The number of carbonyl (C=O) groups excluding carboxylic acids is 2. The van der Waals surface area contributed by atoms with Crippen molar-refractivity contribution < 1.29 is 32.7 Å². The van der Waals surface area contributed by atoms with Crippen molar-refractivity contribution in [2.24, 2.45) is 0 Å². The minimum Gasteiger partial charge on any atom is -0.475 e. The molecule has 2 aromatic rings. The van der Waals surface area contributed by atoms with Crippen LogP contribution in [0.5, 0.6) is 0 Å². The van der Waals surface area contributed by atoms with Gasteiger partial charge < -0.3 is 14.9 Å². The summed E-state index contributed by atoms with van der Waals surface area (Å²) in [5, 5.41) is 9.06. The first-order valence-electron chi connectivity index (χ1n) is 9.94. The average molecular weight is 469 g/mol. The van der Waals surface area contributed by atoms with Crippen molar-refractivity contribution in [3.05, 3.63) is 52.0 Å². The van der Waals surface area contributed by atoms with Crippen LogP contribution in [-0.4, -0.2) is 62.5 Å². The van der Waals surface area contributed by atoms with Gasteiger partial charge in [-0.05, 0) is 43.3 Å². The fraction of sp³-hybridized carbons (Fsp3) is 0.429. The van der Waals surface area contributed by atoms with Crippen LogP contribution < -0.4 is 0 Å². The van der Waals surface area contributed by atoms with Crippen molar-refractivity contribution in [3.8, 4) is 0 Å². The first-order valence-corrected chi connectivity index (χ1v) is 10.8. The number of piperidine rings is 1. The Kier molecular flexibility index (Phi) is 7.17. The zero-order valence-electron chi connectivity index (χ0n) is 17.2. The summed E-state index contributed by atoms with van der Waals surface area (Å²) < 4.78 is 31.7. The fourth-order valence-electron chi connectivity index (χ4n) is 4.01. The van der Waals surface area contributed by atoms with E-state index in [-0.39, 0.29) is 23.9 Å². The third-order valence-electron chi connectivity index (χ3n) is 5.40. The second-order valence-electron chi connectivity index (χ2n) is 7.53. The third-order valence-corrected chi connectivity index (χ3v) is 6.26. The summed E-state index contributed by atoms with van der Waals surface area (Å²) in [6.45, 7) is 3.21. The number of hydrogen-bond donors (Lipinski definition) is 1. The van der Waals surface area contributed by atoms with E-state index in [0.717, 1.165) is 35.7 Å². The van der Waals surface area contributed by atoms with E-state index in [9.17, 15) is 22.8 Å². The highest BCUT2D eigenvalue weighted by atomic mass is 32.1. The molecule has 4 heterocycles. The van der Waals surface area contributed by atoms with Crippen LogP contribution in [0.15, 0.2) is 35.7 Å². The highest BCUT2D eigenvalue weighted by Gasteiger charge is 2.45. The highest BCUT2D eigenvalue weighted by Crippen LogP contribution is 2.33. The maximum atomic E-state index is 12.8. The molecule has 2 saturated heterocycles. The van der Waals surface area contributed by atoms with Crippen LogP contribution in [0, 0.1) is 6.92 Å². The average Bonchev–Trinajstić information content (AvgIpc) is 3.39. The molecule has 2 atom stereocenters. The first-order chi connectivity index (χ1) is 15.1. The van der Waals surface area contributed by atoms with Gasteiger partial charge in [0.15, 0.2) is 0 Å². The highest BCUT2D eigenvalue weighted by molar-refractivity contribution is 7.12. The van der Waals surface area contributed by atoms with Gasteiger partial charge in [0, 0.05) is 18.7 Å². The lowest BCUT2D eigenvalue weighted by Crippen LogP contribution is -2.52. The number of hydrogen-bond acceptors (Lipinski definition) is 5. The summed E-state index contributed by atoms with van der Waals surface area (Å²) in [6, 6.07) is 9.91. The molecule has 32 heavy (non-hydrogen) atoms. The Labute approximate surface area is 186 Å². The largest absolute Gasteiger partial charge is 0.490 e. The van der Waals surface area contributed by atoms with Crippen LogP contribution in [0.1, 0.15) is 40.3 Å². The van der Waals surface area contributed by atoms with E-state index in [1.54, 1.807) is 0 Å². The quantitative estimate of drug-likeness (QED) is 0.743. The molecule has 0 aliphatic carbocycles. The fourth-order valence-corrected chi connectivity index (χ4v) is 4.69. The van der Waals surface area contributed by atoms with Crippen LogP contribution in [0.3, 0.4) is 0 Å². The molecule has 7 nitrogen and oxygen atoms in total. The summed E-state index contributed by atoms with van der Waals surface area (Å²) >= 11 is 1.48. The number of carboxylic acid groups (broad SMARTS) is 1. The number of carboxylic acids is 1. The van der Waals surface area contributed by atoms with Gasteiger partial charge in [-0.15, -0.1) is 11.3 Å². The molecular formula is C21H22F3N3O4S. The molecule has 172 valence electrons. The normalized spacial score (nSPS) is 20.4. The summed E-state index contributed by atoms with van der Waals surface area (Å²) in [5.74, 6) is -2.48. The molecule has 1 N–H and O–H groups in total. The Balaban J connectivity index is 0.000000360. The standard InChI is InChI=1S/C19H21N3O2S.C2HF3O2/c1-13-4-2-5-14(20-13)12-22-16-9-10-21(15(16)7-8-18(22)23)19(24)17-6-3-11-25-17;3-2(4,5)1(6)7/h2-6,11,15-16H,7-10,12H2,1H3;(H,6,7)/t15-,16-;/m1./s1. The number of pyridine rings is 1. The Morgan fingerprint density at radius 3 is 2.50 bits per heavy atom. The van der Waals surface area contributed by atoms with Crippen LogP contribution in [-0.2, 0) is 16.1 Å². The predicted molar refractivity (Wildman–Crippen MR) is 110 cm³/mol. The van der Waals surface area contributed by atoms with Crippen molar-refractivity contribution in [1.82, 2.24) is 14.8 Å². The first kappa shape index (κ1) is 23.7. The molecule has 0 bridgehead atoms. The number of amides is 2. The molecule has 11 heteroatoms. The van der Waals surface area contributed by atoms with Gasteiger partial charge in [0.2, 0.25) is 5.91 Å². The number of aryl methyl sites for hydroxylation is 1. The minimum atomic E-state index is -5.08. The van der Waals surface area contributed by atoms with Gasteiger partial charge in [-0.2, -0.15) is 13.2 Å². The number of fused-ring (bicyclic) bond motifs is 1. The SMILES string of the molecule is Cc1cccc(CN2C(=O)CC[C@@H]3[C@H]2CCN3C(=O)c2cccs2)n1.O=C(O)C(F)(F)F. The summed E-state index contributed by atoms with van der Waals surface area (Å²) in [6.07, 6.45) is -2.97. The van der Waals surface area contributed by atoms with Crippen LogP contribution in [0.2, 0.25) is 0 Å². The molecule has 4 rings (SSSR count). The number of nitrogens with zero attached hydrogens (tertiary/aromatic N) is 3. The maximum absolute atomic E-state index is 12.8. The van der Waals surface area contributed by atoms with Crippen molar-refractivity contribution in [1.29, 1.82) is 0 Å². The summed E-state index contributed by atoms with van der Waals surface area (Å²) in [5.41, 5.74) is 1.87. The van der Waals surface area contributed by atoms with Gasteiger partial charge in [-0.25, -0.2) is 4.79 Å². The van der Waals surface area contributed by atoms with E-state index < -0.39 is 12.1 Å². The van der Waals surface area contributed by atoms with E-state index in [0.29, 0.717) is 13.0 Å². The lowest BCUT2D eigenvalue weighted by Gasteiger charge is -2.39. The summed E-state index contributed by atoms with van der Waals surface area (Å²) in [7, 11) is 0. The summed E-state index contributed by atoms with van der Waals surface area (Å²) in [4.78, 5) is 43.4. The third kappa shape index (κ3) is 5.45. The lowest BCUT2D eigenvalue weighted by molar-refractivity contribution is -0.192. The predicted octanol–water partition coefficient (Wildman–Crippen LogP) is 3.49. The van der Waals surface area contributed by atoms with Gasteiger partial charge in [-0.3, -0.25) is 14.6 Å². The molecule has 0 saturated carbocycles. The molecule has 0 aromatic carbocycles. The Hall–Kier alpha value is -2.95. The van der Waals surface area contributed by atoms with Crippen LogP contribution in [0.25, 0.3) is 0 Å². The number of alkyl halides is 3.